The standard InChI is InChI=1S/C23H35N3O4/c1-6-8-16(27)9-7-10-20-19-12-11-18(21(24)25-29)15(2)17(19)13-14-26(20)22(28)30-23(3,4)5/h11-12,20,29H,6-10,13-14H2,1-5H3,(H2,24,25). The average molecular weight is 418 g/mol. The normalized spacial score (nSPS) is 16.1. The Balaban J connectivity index is 2.33. The van der Waals surface area contributed by atoms with Crippen LogP contribution in [0.3, 0.4) is 0 Å². The number of carbonyl (C=O) groups excluding carboxylic acids is 2. The molecule has 30 heavy (non-hydrogen) atoms. The Bertz CT molecular complexity index is 798. The van der Waals surface area contributed by atoms with Crippen LogP contribution in [-0.2, 0) is 16.0 Å². The van der Waals surface area contributed by atoms with Gasteiger partial charge in [-0.3, -0.25) is 20.9 Å². The summed E-state index contributed by atoms with van der Waals surface area (Å²) in [6, 6.07) is 3.55. The minimum Gasteiger partial charge on any atom is -0.444 e. The van der Waals surface area contributed by atoms with E-state index in [2.05, 4.69) is 0 Å². The number of hydrogen-bond donors (Lipinski definition) is 3. The highest BCUT2D eigenvalue weighted by atomic mass is 16.6. The first kappa shape index (κ1) is 23.9. The highest BCUT2D eigenvalue weighted by molar-refractivity contribution is 5.97. The second-order valence-corrected chi connectivity index (χ2v) is 8.91. The zero-order chi connectivity index (χ0) is 22.5. The first-order valence-electron chi connectivity index (χ1n) is 10.7. The molecule has 0 fully saturated rings. The molecule has 0 saturated carbocycles. The van der Waals surface area contributed by atoms with E-state index < -0.39 is 5.60 Å². The van der Waals surface area contributed by atoms with Crippen LogP contribution in [0, 0.1) is 12.3 Å². The fourth-order valence-corrected chi connectivity index (χ4v) is 4.06. The van der Waals surface area contributed by atoms with Crippen molar-refractivity contribution in [2.75, 3.05) is 6.54 Å². The van der Waals surface area contributed by atoms with Crippen LogP contribution in [0.2, 0.25) is 0 Å². The summed E-state index contributed by atoms with van der Waals surface area (Å²) >= 11 is 0. The number of benzene rings is 1. The van der Waals surface area contributed by atoms with Crippen LogP contribution in [0.5, 0.6) is 0 Å². The van der Waals surface area contributed by atoms with Crippen LogP contribution >= 0.6 is 0 Å². The lowest BCUT2D eigenvalue weighted by Crippen LogP contribution is -2.43. The van der Waals surface area contributed by atoms with Gasteiger partial charge in [-0.2, -0.15) is 0 Å². The Morgan fingerprint density at radius 1 is 1.30 bits per heavy atom. The molecule has 7 heteroatoms. The lowest BCUT2D eigenvalue weighted by Gasteiger charge is -2.39. The molecule has 1 aromatic rings. The Kier molecular flexibility index (Phi) is 8.01. The van der Waals surface area contributed by atoms with E-state index in [1.807, 2.05) is 46.2 Å². The third-order valence-corrected chi connectivity index (χ3v) is 5.44. The van der Waals surface area contributed by atoms with Gasteiger partial charge >= 0.3 is 6.09 Å². The lowest BCUT2D eigenvalue weighted by atomic mass is 9.85. The highest BCUT2D eigenvalue weighted by Gasteiger charge is 2.34. The van der Waals surface area contributed by atoms with E-state index in [4.69, 9.17) is 15.4 Å². The number of nitrogens with zero attached hydrogens (tertiary/aromatic N) is 1. The van der Waals surface area contributed by atoms with Gasteiger partial charge < -0.3 is 9.64 Å². The number of hydroxylamine groups is 1. The lowest BCUT2D eigenvalue weighted by molar-refractivity contribution is -0.119. The van der Waals surface area contributed by atoms with Gasteiger partial charge in [0, 0.05) is 24.9 Å². The minimum absolute atomic E-state index is 0.0495. The third-order valence-electron chi connectivity index (χ3n) is 5.44. The summed E-state index contributed by atoms with van der Waals surface area (Å²) in [4.78, 5) is 26.7. The minimum atomic E-state index is -0.583. The first-order valence-corrected chi connectivity index (χ1v) is 10.7. The number of amides is 1. The van der Waals surface area contributed by atoms with Gasteiger partial charge in [0.25, 0.3) is 0 Å². The molecule has 7 nitrogen and oxygen atoms in total. The third kappa shape index (κ3) is 5.81. The Labute approximate surface area is 179 Å². The Morgan fingerprint density at radius 2 is 2.00 bits per heavy atom. The number of amidine groups is 1. The smallest absolute Gasteiger partial charge is 0.410 e. The summed E-state index contributed by atoms with van der Waals surface area (Å²) in [6.45, 7) is 10.0. The van der Waals surface area contributed by atoms with E-state index in [1.165, 1.54) is 0 Å². The van der Waals surface area contributed by atoms with Crippen LogP contribution in [-0.4, -0.2) is 40.0 Å². The Morgan fingerprint density at radius 3 is 2.60 bits per heavy atom. The molecule has 1 unspecified atom stereocenters. The summed E-state index contributed by atoms with van der Waals surface area (Å²) in [5, 5.41) is 17.0. The zero-order valence-corrected chi connectivity index (χ0v) is 18.8. The van der Waals surface area contributed by atoms with E-state index in [-0.39, 0.29) is 23.8 Å². The van der Waals surface area contributed by atoms with Crippen molar-refractivity contribution in [2.45, 2.75) is 84.8 Å². The van der Waals surface area contributed by atoms with Crippen LogP contribution in [0.15, 0.2) is 12.1 Å². The van der Waals surface area contributed by atoms with E-state index in [9.17, 15) is 9.59 Å². The molecule has 1 aliphatic rings. The van der Waals surface area contributed by atoms with E-state index in [0.29, 0.717) is 44.2 Å². The molecule has 0 bridgehead atoms. The summed E-state index contributed by atoms with van der Waals surface area (Å²) in [7, 11) is 0. The molecule has 0 spiro atoms. The Hall–Kier alpha value is -2.41. The highest BCUT2D eigenvalue weighted by Crippen LogP contribution is 2.37. The van der Waals surface area contributed by atoms with Crippen molar-refractivity contribution in [3.63, 3.8) is 0 Å². The van der Waals surface area contributed by atoms with Gasteiger partial charge in [-0.05, 0) is 70.1 Å². The van der Waals surface area contributed by atoms with Crippen LogP contribution in [0.4, 0.5) is 4.79 Å². The van der Waals surface area contributed by atoms with Gasteiger partial charge in [-0.1, -0.05) is 19.1 Å². The van der Waals surface area contributed by atoms with E-state index >= 15 is 0 Å². The largest absolute Gasteiger partial charge is 0.444 e. The molecule has 2 rings (SSSR count). The van der Waals surface area contributed by atoms with Gasteiger partial charge in [0.2, 0.25) is 0 Å². The van der Waals surface area contributed by atoms with E-state index in [1.54, 1.807) is 11.0 Å². The summed E-state index contributed by atoms with van der Waals surface area (Å²) in [6.07, 6.45) is 3.64. The van der Waals surface area contributed by atoms with Gasteiger partial charge in [0.15, 0.2) is 0 Å². The molecule has 0 aliphatic carbocycles. The summed E-state index contributed by atoms with van der Waals surface area (Å²) in [5.41, 5.74) is 5.02. The number of ether oxygens (including phenoxy) is 1. The van der Waals surface area contributed by atoms with Crippen LogP contribution in [0.25, 0.3) is 0 Å². The molecule has 1 heterocycles. The second kappa shape index (κ2) is 10.1. The maximum atomic E-state index is 12.9. The molecule has 1 aliphatic heterocycles. The van der Waals surface area contributed by atoms with Crippen molar-refractivity contribution in [1.29, 1.82) is 5.41 Å². The number of fused-ring (bicyclic) bond motifs is 1. The molecule has 0 radical (unpaired) electrons. The molecule has 3 N–H and O–H groups in total. The zero-order valence-electron chi connectivity index (χ0n) is 18.8. The van der Waals surface area contributed by atoms with Crippen LogP contribution in [0.1, 0.15) is 88.1 Å². The number of hydrogen-bond acceptors (Lipinski definition) is 5. The predicted molar refractivity (Wildman–Crippen MR) is 116 cm³/mol. The summed E-state index contributed by atoms with van der Waals surface area (Å²) in [5.74, 6) is 0.206. The second-order valence-electron chi connectivity index (χ2n) is 8.91. The number of rotatable bonds is 7. The van der Waals surface area contributed by atoms with E-state index in [0.717, 1.165) is 23.1 Å². The topological polar surface area (TPSA) is 103 Å². The monoisotopic (exact) mass is 417 g/mol. The molecular weight excluding hydrogens is 382 g/mol. The molecule has 1 aromatic carbocycles. The number of ketones is 1. The van der Waals surface area contributed by atoms with Gasteiger partial charge in [-0.15, -0.1) is 0 Å². The van der Waals surface area contributed by atoms with Crippen molar-refractivity contribution < 1.29 is 19.5 Å². The van der Waals surface area contributed by atoms with Crippen molar-refractivity contribution in [2.24, 2.45) is 0 Å². The van der Waals surface area contributed by atoms with Crippen LogP contribution < -0.4 is 5.48 Å². The van der Waals surface area contributed by atoms with Crippen molar-refractivity contribution in [3.05, 3.63) is 34.4 Å². The molecule has 1 amide bonds. The van der Waals surface area contributed by atoms with Crippen molar-refractivity contribution in [3.8, 4) is 0 Å². The molecule has 0 aromatic heterocycles. The molecule has 166 valence electrons. The van der Waals surface area contributed by atoms with Crippen molar-refractivity contribution >= 4 is 17.7 Å². The van der Waals surface area contributed by atoms with Gasteiger partial charge in [0.05, 0.1) is 6.04 Å². The maximum Gasteiger partial charge on any atom is 0.410 e. The van der Waals surface area contributed by atoms with Gasteiger partial charge in [-0.25, -0.2) is 4.79 Å². The first-order chi connectivity index (χ1) is 14.1. The SMILES string of the molecule is CCCC(=O)CCCC1c2ccc(C(=N)NO)c(C)c2CCN1C(=O)OC(C)(C)C. The quantitative estimate of drug-likeness (QED) is 0.340. The van der Waals surface area contributed by atoms with Crippen molar-refractivity contribution in [1.82, 2.24) is 10.4 Å². The average Bonchev–Trinajstić information content (AvgIpc) is 2.66. The number of carbonyl (C=O) groups is 2. The van der Waals surface area contributed by atoms with Gasteiger partial charge in [0.1, 0.15) is 17.2 Å². The number of Topliss-reactive ketones (excluding diaryl/α,β-unsaturated/α-hetero) is 1. The fraction of sp³-hybridized carbons (Fsp3) is 0.609. The summed E-state index contributed by atoms with van der Waals surface area (Å²) < 4.78 is 5.64. The molecule has 0 saturated heterocycles. The maximum absolute atomic E-state index is 12.9. The number of nitrogens with one attached hydrogen (secondary N) is 2. The fourth-order valence-electron chi connectivity index (χ4n) is 4.06. The molecule has 1 atom stereocenters. The predicted octanol–water partition coefficient (Wildman–Crippen LogP) is 4.67. The molecular formula is C23H35N3O4.